The second-order valence-electron chi connectivity index (χ2n) is 5.45. The SMILES string of the molecule is COC1C(C(=O)O)OC(OCC(O)C(O)C(O)C(O)C=O)C(O)C1O. The Balaban J connectivity index is 2.69. The lowest BCUT2D eigenvalue weighted by molar-refractivity contribution is -0.302. The number of rotatable bonds is 9. The lowest BCUT2D eigenvalue weighted by atomic mass is 9.98. The summed E-state index contributed by atoms with van der Waals surface area (Å²) in [6, 6.07) is 0. The van der Waals surface area contributed by atoms with Gasteiger partial charge in [0.05, 0.1) is 6.61 Å². The Bertz CT molecular complexity index is 445. The highest BCUT2D eigenvalue weighted by Crippen LogP contribution is 2.24. The fourth-order valence-electron chi connectivity index (χ4n) is 2.24. The number of carboxylic acid groups (broad SMARTS) is 1. The molecule has 0 aromatic rings. The zero-order valence-corrected chi connectivity index (χ0v) is 13.2. The van der Waals surface area contributed by atoms with Gasteiger partial charge in [0.1, 0.15) is 42.7 Å². The van der Waals surface area contributed by atoms with Crippen molar-refractivity contribution in [2.24, 2.45) is 0 Å². The van der Waals surface area contributed by atoms with Crippen LogP contribution in [0.3, 0.4) is 0 Å². The molecular formula is C13H22O12. The standard InChI is InChI=1S/C13H22O12/c1-23-10-8(19)9(20)13(25-11(10)12(21)22)24-3-5(16)7(18)6(17)4(15)2-14/h2,4-11,13,15-20H,3H2,1H3,(H,21,22). The Morgan fingerprint density at radius 2 is 1.76 bits per heavy atom. The molecule has 0 aromatic carbocycles. The molecule has 1 heterocycles. The van der Waals surface area contributed by atoms with Crippen molar-refractivity contribution in [3.8, 4) is 0 Å². The summed E-state index contributed by atoms with van der Waals surface area (Å²) >= 11 is 0. The van der Waals surface area contributed by atoms with Crippen LogP contribution in [0.5, 0.6) is 0 Å². The zero-order valence-electron chi connectivity index (χ0n) is 13.2. The predicted octanol–water partition coefficient (Wildman–Crippen LogP) is -4.81. The van der Waals surface area contributed by atoms with Crippen molar-refractivity contribution in [3.05, 3.63) is 0 Å². The summed E-state index contributed by atoms with van der Waals surface area (Å²) in [4.78, 5) is 21.5. The van der Waals surface area contributed by atoms with Crippen LogP contribution in [-0.2, 0) is 23.8 Å². The van der Waals surface area contributed by atoms with Crippen LogP contribution in [0.25, 0.3) is 0 Å². The Hall–Kier alpha value is -1.22. The van der Waals surface area contributed by atoms with Crippen LogP contribution in [0.2, 0.25) is 0 Å². The molecule has 1 saturated heterocycles. The zero-order chi connectivity index (χ0) is 19.3. The largest absolute Gasteiger partial charge is 0.479 e. The Morgan fingerprint density at radius 3 is 2.24 bits per heavy atom. The summed E-state index contributed by atoms with van der Waals surface area (Å²) < 4.78 is 14.7. The fraction of sp³-hybridized carbons (Fsp3) is 0.846. The summed E-state index contributed by atoms with van der Waals surface area (Å²) in [6.07, 6.45) is -15.9. The quantitative estimate of drug-likeness (QED) is 0.191. The summed E-state index contributed by atoms with van der Waals surface area (Å²) in [5.41, 5.74) is 0. The van der Waals surface area contributed by atoms with Gasteiger partial charge in [0, 0.05) is 7.11 Å². The summed E-state index contributed by atoms with van der Waals surface area (Å²) in [5.74, 6) is -1.49. The van der Waals surface area contributed by atoms with Gasteiger partial charge in [-0.25, -0.2) is 4.79 Å². The van der Waals surface area contributed by atoms with E-state index in [0.29, 0.717) is 0 Å². The minimum atomic E-state index is -2.00. The maximum atomic E-state index is 11.1. The van der Waals surface area contributed by atoms with Crippen molar-refractivity contribution in [2.45, 2.75) is 55.1 Å². The van der Waals surface area contributed by atoms with Gasteiger partial charge in [-0.15, -0.1) is 0 Å². The smallest absolute Gasteiger partial charge is 0.335 e. The van der Waals surface area contributed by atoms with E-state index in [1.54, 1.807) is 0 Å². The minimum absolute atomic E-state index is 0.0475. The van der Waals surface area contributed by atoms with E-state index in [-0.39, 0.29) is 6.29 Å². The molecular weight excluding hydrogens is 348 g/mol. The highest BCUT2D eigenvalue weighted by molar-refractivity contribution is 5.73. The normalized spacial score (nSPS) is 34.8. The maximum Gasteiger partial charge on any atom is 0.335 e. The molecule has 7 N–H and O–H groups in total. The molecule has 1 fully saturated rings. The molecule has 1 rings (SSSR count). The van der Waals surface area contributed by atoms with Crippen LogP contribution in [0, 0.1) is 0 Å². The molecule has 1 aliphatic rings. The maximum absolute atomic E-state index is 11.1. The number of aliphatic hydroxyl groups excluding tert-OH is 6. The van der Waals surface area contributed by atoms with Gasteiger partial charge in [-0.3, -0.25) is 0 Å². The molecule has 12 heteroatoms. The van der Waals surface area contributed by atoms with Crippen molar-refractivity contribution >= 4 is 12.3 Å². The molecule has 25 heavy (non-hydrogen) atoms. The van der Waals surface area contributed by atoms with Crippen LogP contribution in [0.1, 0.15) is 0 Å². The highest BCUT2D eigenvalue weighted by atomic mass is 16.7. The molecule has 0 spiro atoms. The molecule has 0 radical (unpaired) electrons. The van der Waals surface area contributed by atoms with Gasteiger partial charge in [0.15, 0.2) is 18.7 Å². The van der Waals surface area contributed by atoms with Crippen molar-refractivity contribution < 1.29 is 59.5 Å². The number of aliphatic carboxylic acids is 1. The van der Waals surface area contributed by atoms with E-state index in [9.17, 15) is 35.1 Å². The van der Waals surface area contributed by atoms with Gasteiger partial charge < -0.3 is 54.8 Å². The van der Waals surface area contributed by atoms with Gasteiger partial charge in [-0.1, -0.05) is 0 Å². The summed E-state index contributed by atoms with van der Waals surface area (Å²) in [6.45, 7) is -0.776. The van der Waals surface area contributed by atoms with Crippen LogP contribution in [0.4, 0.5) is 0 Å². The first-order chi connectivity index (χ1) is 11.6. The number of methoxy groups -OCH3 is 1. The van der Waals surface area contributed by atoms with Crippen molar-refractivity contribution in [3.63, 3.8) is 0 Å². The van der Waals surface area contributed by atoms with Gasteiger partial charge in [-0.05, 0) is 0 Å². The van der Waals surface area contributed by atoms with E-state index in [1.165, 1.54) is 0 Å². The van der Waals surface area contributed by atoms with Crippen LogP contribution in [-0.4, -0.2) is 117 Å². The molecule has 1 aliphatic heterocycles. The Labute approximate surface area is 141 Å². The molecule has 146 valence electrons. The second kappa shape index (κ2) is 9.47. The molecule has 0 aromatic heterocycles. The third kappa shape index (κ3) is 5.13. The molecule has 12 nitrogen and oxygen atoms in total. The Kier molecular flexibility index (Phi) is 8.27. The Morgan fingerprint density at radius 1 is 1.16 bits per heavy atom. The second-order valence-corrected chi connectivity index (χ2v) is 5.45. The van der Waals surface area contributed by atoms with E-state index in [4.69, 9.17) is 24.4 Å². The molecule has 9 unspecified atom stereocenters. The van der Waals surface area contributed by atoms with Gasteiger partial charge >= 0.3 is 5.97 Å². The lowest BCUT2D eigenvalue weighted by Gasteiger charge is -2.40. The van der Waals surface area contributed by atoms with Gasteiger partial charge in [0.25, 0.3) is 0 Å². The number of aliphatic hydroxyl groups is 6. The first-order valence-electron chi connectivity index (χ1n) is 7.22. The van der Waals surface area contributed by atoms with E-state index < -0.39 is 67.7 Å². The molecule has 0 bridgehead atoms. The number of hydrogen-bond acceptors (Lipinski definition) is 11. The number of hydrogen-bond donors (Lipinski definition) is 7. The molecule has 0 aliphatic carbocycles. The average molecular weight is 370 g/mol. The lowest BCUT2D eigenvalue weighted by Crippen LogP contribution is -2.61. The number of ether oxygens (including phenoxy) is 3. The van der Waals surface area contributed by atoms with E-state index >= 15 is 0 Å². The molecule has 0 amide bonds. The van der Waals surface area contributed by atoms with Crippen LogP contribution < -0.4 is 0 Å². The average Bonchev–Trinajstić information content (AvgIpc) is 2.59. The third-order valence-corrected chi connectivity index (χ3v) is 3.72. The van der Waals surface area contributed by atoms with Crippen molar-refractivity contribution in [2.75, 3.05) is 13.7 Å². The summed E-state index contributed by atoms with van der Waals surface area (Å²) in [7, 11) is 1.11. The van der Waals surface area contributed by atoms with Crippen LogP contribution >= 0.6 is 0 Å². The number of carbonyl (C=O) groups excluding carboxylic acids is 1. The molecule has 0 saturated carbocycles. The highest BCUT2D eigenvalue weighted by Gasteiger charge is 2.48. The van der Waals surface area contributed by atoms with Crippen molar-refractivity contribution in [1.29, 1.82) is 0 Å². The van der Waals surface area contributed by atoms with Gasteiger partial charge in [0.2, 0.25) is 0 Å². The first kappa shape index (κ1) is 21.8. The monoisotopic (exact) mass is 370 g/mol. The number of carboxylic acids is 1. The molecule has 9 atom stereocenters. The fourth-order valence-corrected chi connectivity index (χ4v) is 2.24. The number of aldehydes is 1. The van der Waals surface area contributed by atoms with Gasteiger partial charge in [-0.2, -0.15) is 0 Å². The van der Waals surface area contributed by atoms with Crippen LogP contribution in [0.15, 0.2) is 0 Å². The topological polar surface area (TPSA) is 203 Å². The first-order valence-corrected chi connectivity index (χ1v) is 7.22. The summed E-state index contributed by atoms with van der Waals surface area (Å²) in [5, 5.41) is 66.6. The van der Waals surface area contributed by atoms with Crippen molar-refractivity contribution in [1.82, 2.24) is 0 Å². The third-order valence-electron chi connectivity index (χ3n) is 3.72. The minimum Gasteiger partial charge on any atom is -0.479 e. The predicted molar refractivity (Wildman–Crippen MR) is 75.2 cm³/mol. The van der Waals surface area contributed by atoms with E-state index in [2.05, 4.69) is 0 Å². The van der Waals surface area contributed by atoms with E-state index in [0.717, 1.165) is 7.11 Å². The van der Waals surface area contributed by atoms with E-state index in [1.807, 2.05) is 0 Å². The number of carbonyl (C=O) groups is 2.